The zero-order valence-electron chi connectivity index (χ0n) is 9.83. The minimum absolute atomic E-state index is 0.0353. The number of benzene rings is 1. The molecule has 4 nitrogen and oxygen atoms in total. The summed E-state index contributed by atoms with van der Waals surface area (Å²) in [7, 11) is 1.59. The summed E-state index contributed by atoms with van der Waals surface area (Å²) in [6.07, 6.45) is 0.976. The van der Waals surface area contributed by atoms with Gasteiger partial charge in [-0.05, 0) is 18.6 Å². The van der Waals surface area contributed by atoms with E-state index in [1.165, 1.54) is 6.07 Å². The van der Waals surface area contributed by atoms with Crippen LogP contribution in [0.3, 0.4) is 0 Å². The van der Waals surface area contributed by atoms with Crippen LogP contribution >= 0.6 is 0 Å². The van der Waals surface area contributed by atoms with Crippen molar-refractivity contribution >= 4 is 5.91 Å². The molecule has 0 spiro atoms. The Hall–Kier alpha value is -1.62. The van der Waals surface area contributed by atoms with Gasteiger partial charge in [0.2, 0.25) is 5.91 Å². The maximum absolute atomic E-state index is 13.3. The van der Waals surface area contributed by atoms with Crippen molar-refractivity contribution in [2.75, 3.05) is 13.7 Å². The molecule has 0 saturated heterocycles. The van der Waals surface area contributed by atoms with Crippen molar-refractivity contribution in [3.8, 4) is 5.75 Å². The second-order valence-corrected chi connectivity index (χ2v) is 3.55. The molecule has 0 bridgehead atoms. The van der Waals surface area contributed by atoms with Crippen LogP contribution in [0, 0.1) is 5.82 Å². The molecule has 0 aliphatic carbocycles. The largest absolute Gasteiger partial charge is 0.493 e. The van der Waals surface area contributed by atoms with E-state index in [1.807, 2.05) is 0 Å². The Kier molecular flexibility index (Phi) is 5.42. The molecule has 17 heavy (non-hydrogen) atoms. The summed E-state index contributed by atoms with van der Waals surface area (Å²) in [5.74, 6) is 0.0487. The van der Waals surface area contributed by atoms with Gasteiger partial charge in [0.25, 0.3) is 0 Å². The number of rotatable bonds is 6. The maximum Gasteiger partial charge on any atom is 0.219 e. The molecule has 0 radical (unpaired) electrons. The Bertz CT molecular complexity index is 383. The van der Waals surface area contributed by atoms with Gasteiger partial charge in [0, 0.05) is 25.6 Å². The molecule has 0 unspecified atom stereocenters. The van der Waals surface area contributed by atoms with Crippen LogP contribution in [0.2, 0.25) is 0 Å². The van der Waals surface area contributed by atoms with Gasteiger partial charge in [-0.25, -0.2) is 4.39 Å². The second kappa shape index (κ2) is 6.85. The SMILES string of the molecule is CNC(=O)CCCOc1cccc(F)c1CN. The van der Waals surface area contributed by atoms with E-state index in [0.717, 1.165) is 0 Å². The van der Waals surface area contributed by atoms with E-state index in [2.05, 4.69) is 5.32 Å². The third-order valence-electron chi connectivity index (χ3n) is 2.36. The molecule has 3 N–H and O–H groups in total. The van der Waals surface area contributed by atoms with Gasteiger partial charge in [0.05, 0.1) is 6.61 Å². The highest BCUT2D eigenvalue weighted by atomic mass is 19.1. The van der Waals surface area contributed by atoms with Gasteiger partial charge >= 0.3 is 0 Å². The lowest BCUT2D eigenvalue weighted by Crippen LogP contribution is -2.18. The van der Waals surface area contributed by atoms with Gasteiger partial charge in [-0.1, -0.05) is 6.07 Å². The summed E-state index contributed by atoms with van der Waals surface area (Å²) in [6, 6.07) is 4.59. The third kappa shape index (κ3) is 4.03. The minimum atomic E-state index is -0.365. The van der Waals surface area contributed by atoms with Crippen LogP contribution in [0.4, 0.5) is 4.39 Å². The van der Waals surface area contributed by atoms with E-state index in [9.17, 15) is 9.18 Å². The molecular weight excluding hydrogens is 223 g/mol. The fourth-order valence-corrected chi connectivity index (χ4v) is 1.41. The van der Waals surface area contributed by atoms with Crippen LogP contribution in [0.1, 0.15) is 18.4 Å². The Morgan fingerprint density at radius 2 is 2.29 bits per heavy atom. The predicted molar refractivity (Wildman–Crippen MR) is 63.1 cm³/mol. The lowest BCUT2D eigenvalue weighted by Gasteiger charge is -2.10. The van der Waals surface area contributed by atoms with Crippen molar-refractivity contribution < 1.29 is 13.9 Å². The summed E-state index contributed by atoms with van der Waals surface area (Å²) >= 11 is 0. The van der Waals surface area contributed by atoms with E-state index >= 15 is 0 Å². The number of hydrogen-bond acceptors (Lipinski definition) is 3. The lowest BCUT2D eigenvalue weighted by molar-refractivity contribution is -0.120. The van der Waals surface area contributed by atoms with Crippen molar-refractivity contribution in [2.45, 2.75) is 19.4 Å². The highest BCUT2D eigenvalue weighted by Gasteiger charge is 2.07. The van der Waals surface area contributed by atoms with Crippen molar-refractivity contribution in [2.24, 2.45) is 5.73 Å². The van der Waals surface area contributed by atoms with E-state index in [0.29, 0.717) is 30.8 Å². The summed E-state index contributed by atoms with van der Waals surface area (Å²) in [5, 5.41) is 2.52. The quantitative estimate of drug-likeness (QED) is 0.734. The van der Waals surface area contributed by atoms with Crippen LogP contribution in [0.15, 0.2) is 18.2 Å². The third-order valence-corrected chi connectivity index (χ3v) is 2.36. The number of carbonyl (C=O) groups excluding carboxylic acids is 1. The van der Waals surface area contributed by atoms with Gasteiger partial charge < -0.3 is 15.8 Å². The normalized spacial score (nSPS) is 10.1. The van der Waals surface area contributed by atoms with Gasteiger partial charge in [-0.15, -0.1) is 0 Å². The van der Waals surface area contributed by atoms with Gasteiger partial charge in [-0.3, -0.25) is 4.79 Å². The first-order chi connectivity index (χ1) is 8.19. The average Bonchev–Trinajstić information content (AvgIpc) is 2.34. The topological polar surface area (TPSA) is 64.3 Å². The molecule has 0 heterocycles. The number of nitrogens with one attached hydrogen (secondary N) is 1. The Labute approximate surface area is 100.0 Å². The first kappa shape index (κ1) is 13.4. The van der Waals surface area contributed by atoms with Crippen LogP contribution in [0.5, 0.6) is 5.75 Å². The first-order valence-electron chi connectivity index (χ1n) is 5.50. The Balaban J connectivity index is 2.46. The molecule has 1 aromatic rings. The Morgan fingerprint density at radius 1 is 1.53 bits per heavy atom. The fraction of sp³-hybridized carbons (Fsp3) is 0.417. The van der Waals surface area contributed by atoms with Crippen LogP contribution in [-0.4, -0.2) is 19.6 Å². The molecule has 0 aromatic heterocycles. The van der Waals surface area contributed by atoms with E-state index in [1.54, 1.807) is 19.2 Å². The van der Waals surface area contributed by atoms with Crippen molar-refractivity contribution in [1.82, 2.24) is 5.32 Å². The first-order valence-corrected chi connectivity index (χ1v) is 5.50. The van der Waals surface area contributed by atoms with Crippen LogP contribution < -0.4 is 15.8 Å². The zero-order valence-corrected chi connectivity index (χ0v) is 9.83. The van der Waals surface area contributed by atoms with E-state index < -0.39 is 0 Å². The summed E-state index contributed by atoms with van der Waals surface area (Å²) < 4.78 is 18.7. The molecule has 1 amide bonds. The molecule has 94 valence electrons. The molecule has 1 rings (SSSR count). The highest BCUT2D eigenvalue weighted by molar-refractivity contribution is 5.75. The summed E-state index contributed by atoms with van der Waals surface area (Å²) in [5.41, 5.74) is 5.81. The van der Waals surface area contributed by atoms with Crippen LogP contribution in [-0.2, 0) is 11.3 Å². The minimum Gasteiger partial charge on any atom is -0.493 e. The van der Waals surface area contributed by atoms with Gasteiger partial charge in [0.15, 0.2) is 0 Å². The highest BCUT2D eigenvalue weighted by Crippen LogP contribution is 2.20. The van der Waals surface area contributed by atoms with Gasteiger partial charge in [0.1, 0.15) is 11.6 Å². The average molecular weight is 240 g/mol. The van der Waals surface area contributed by atoms with Crippen molar-refractivity contribution in [3.05, 3.63) is 29.6 Å². The number of amides is 1. The number of nitrogens with two attached hydrogens (primary N) is 1. The van der Waals surface area contributed by atoms with E-state index in [4.69, 9.17) is 10.5 Å². The fourth-order valence-electron chi connectivity index (χ4n) is 1.41. The molecule has 0 saturated carbocycles. The van der Waals surface area contributed by atoms with Crippen LogP contribution in [0.25, 0.3) is 0 Å². The smallest absolute Gasteiger partial charge is 0.219 e. The number of halogens is 1. The standard InChI is InChI=1S/C12H17FN2O2/c1-15-12(16)6-3-7-17-11-5-2-4-10(13)9(11)8-14/h2,4-5H,3,6-8,14H2,1H3,(H,15,16). The number of hydrogen-bond donors (Lipinski definition) is 2. The monoisotopic (exact) mass is 240 g/mol. The predicted octanol–water partition coefficient (Wildman–Crippen LogP) is 1.19. The molecule has 0 aliphatic rings. The molecule has 1 aromatic carbocycles. The number of ether oxygens (including phenoxy) is 1. The number of carbonyl (C=O) groups is 1. The maximum atomic E-state index is 13.3. The molecule has 0 atom stereocenters. The molecule has 0 aliphatic heterocycles. The molecule has 0 fully saturated rings. The summed E-state index contributed by atoms with van der Waals surface area (Å²) in [4.78, 5) is 11.0. The second-order valence-electron chi connectivity index (χ2n) is 3.55. The van der Waals surface area contributed by atoms with Crippen molar-refractivity contribution in [3.63, 3.8) is 0 Å². The molecular formula is C12H17FN2O2. The lowest BCUT2D eigenvalue weighted by atomic mass is 10.2. The molecule has 5 heteroatoms. The van der Waals surface area contributed by atoms with Crippen molar-refractivity contribution in [1.29, 1.82) is 0 Å². The Morgan fingerprint density at radius 3 is 2.94 bits per heavy atom. The van der Waals surface area contributed by atoms with E-state index in [-0.39, 0.29) is 18.3 Å². The summed E-state index contributed by atoms with van der Waals surface area (Å²) in [6.45, 7) is 0.460. The zero-order chi connectivity index (χ0) is 12.7. The van der Waals surface area contributed by atoms with Gasteiger partial charge in [-0.2, -0.15) is 0 Å².